The summed E-state index contributed by atoms with van der Waals surface area (Å²) in [4.78, 5) is 21.7. The van der Waals surface area contributed by atoms with Crippen LogP contribution in [0.15, 0.2) is 24.4 Å². The molecule has 0 aliphatic carbocycles. The topological polar surface area (TPSA) is 92.3 Å². The zero-order valence-corrected chi connectivity index (χ0v) is 17.8. The van der Waals surface area contributed by atoms with Gasteiger partial charge in [0.2, 0.25) is 5.88 Å². The lowest BCUT2D eigenvalue weighted by atomic mass is 10.0. The smallest absolute Gasteiger partial charge is 0.250 e. The maximum absolute atomic E-state index is 12.3. The number of hydrogen-bond acceptors (Lipinski definition) is 5. The molecule has 7 nitrogen and oxygen atoms in total. The van der Waals surface area contributed by atoms with Gasteiger partial charge in [0.1, 0.15) is 0 Å². The van der Waals surface area contributed by atoms with Crippen molar-refractivity contribution in [3.8, 4) is 17.1 Å². The van der Waals surface area contributed by atoms with Crippen molar-refractivity contribution in [1.82, 2.24) is 14.5 Å². The van der Waals surface area contributed by atoms with Gasteiger partial charge in [-0.25, -0.2) is 9.97 Å². The van der Waals surface area contributed by atoms with Crippen molar-refractivity contribution in [2.45, 2.75) is 39.7 Å². The van der Waals surface area contributed by atoms with Crippen molar-refractivity contribution in [2.75, 3.05) is 20.8 Å². The minimum Gasteiger partial charge on any atom is -0.480 e. The number of nitrogens with zero attached hydrogens (tertiary/aromatic N) is 3. The van der Waals surface area contributed by atoms with E-state index in [0.717, 1.165) is 22.3 Å². The summed E-state index contributed by atoms with van der Waals surface area (Å²) in [5, 5.41) is 0. The van der Waals surface area contributed by atoms with Crippen molar-refractivity contribution >= 4 is 16.9 Å². The molecule has 154 valence electrons. The van der Waals surface area contributed by atoms with Gasteiger partial charge in [0.25, 0.3) is 5.91 Å². The van der Waals surface area contributed by atoms with Crippen LogP contribution in [0.1, 0.15) is 54.3 Å². The molecule has 1 amide bonds. The fourth-order valence-corrected chi connectivity index (χ4v) is 3.52. The molecule has 0 fully saturated rings. The Morgan fingerprint density at radius 2 is 1.93 bits per heavy atom. The zero-order valence-electron chi connectivity index (χ0n) is 17.8. The SMILES string of the molecule is COC[C@H](C)n1cc(C)c2nc(-c3ccc(C(C)C)nc3OC)c(C(N)=O)cc21. The number of carbonyl (C=O) groups is 1. The van der Waals surface area contributed by atoms with Crippen molar-refractivity contribution in [1.29, 1.82) is 0 Å². The molecule has 0 saturated carbocycles. The third-order valence-electron chi connectivity index (χ3n) is 5.06. The monoisotopic (exact) mass is 396 g/mol. The molecule has 0 radical (unpaired) electrons. The maximum atomic E-state index is 12.3. The molecule has 3 aromatic rings. The standard InChI is InChI=1S/C22H28N4O3/c1-12(2)17-8-7-15(22(24-17)29-6)20-16(21(23)27)9-18-19(25-20)13(3)10-26(18)14(4)11-28-5/h7-10,12,14H,11H2,1-6H3,(H2,23,27)/t14-/m0/s1. The van der Waals surface area contributed by atoms with Gasteiger partial charge < -0.3 is 19.8 Å². The van der Waals surface area contributed by atoms with Gasteiger partial charge in [-0.15, -0.1) is 0 Å². The Morgan fingerprint density at radius 1 is 1.21 bits per heavy atom. The van der Waals surface area contributed by atoms with Crippen LogP contribution in [-0.4, -0.2) is 41.3 Å². The third-order valence-corrected chi connectivity index (χ3v) is 5.06. The van der Waals surface area contributed by atoms with Gasteiger partial charge in [-0.3, -0.25) is 4.79 Å². The molecule has 3 aromatic heterocycles. The van der Waals surface area contributed by atoms with Crippen LogP contribution in [-0.2, 0) is 4.74 Å². The molecule has 0 aromatic carbocycles. The Bertz CT molecular complexity index is 1060. The number of primary amides is 1. The molecule has 0 bridgehead atoms. The lowest BCUT2D eigenvalue weighted by Crippen LogP contribution is -2.15. The Hall–Kier alpha value is -2.93. The molecule has 3 heterocycles. The van der Waals surface area contributed by atoms with Crippen LogP contribution in [0.25, 0.3) is 22.3 Å². The fraction of sp³-hybridized carbons (Fsp3) is 0.409. The summed E-state index contributed by atoms with van der Waals surface area (Å²) < 4.78 is 12.9. The van der Waals surface area contributed by atoms with Crippen LogP contribution in [0.5, 0.6) is 5.88 Å². The highest BCUT2D eigenvalue weighted by atomic mass is 16.5. The third kappa shape index (κ3) is 3.82. The van der Waals surface area contributed by atoms with E-state index in [2.05, 4.69) is 30.3 Å². The summed E-state index contributed by atoms with van der Waals surface area (Å²) in [5.41, 5.74) is 10.7. The average Bonchev–Trinajstić information content (AvgIpc) is 3.02. The van der Waals surface area contributed by atoms with Crippen LogP contribution in [0.3, 0.4) is 0 Å². The normalized spacial score (nSPS) is 12.5. The van der Waals surface area contributed by atoms with E-state index in [1.807, 2.05) is 25.3 Å². The van der Waals surface area contributed by atoms with E-state index >= 15 is 0 Å². The van der Waals surface area contributed by atoms with Gasteiger partial charge in [-0.1, -0.05) is 13.8 Å². The quantitative estimate of drug-likeness (QED) is 0.655. The number of carbonyl (C=O) groups excluding carboxylic acids is 1. The fourth-order valence-electron chi connectivity index (χ4n) is 3.52. The van der Waals surface area contributed by atoms with Crippen LogP contribution in [0, 0.1) is 6.92 Å². The molecular weight excluding hydrogens is 368 g/mol. The first-order valence-corrected chi connectivity index (χ1v) is 9.64. The van der Waals surface area contributed by atoms with Gasteiger partial charge in [0, 0.05) is 19.0 Å². The second-order valence-corrected chi connectivity index (χ2v) is 7.59. The number of rotatable bonds is 7. The molecule has 0 saturated heterocycles. The Morgan fingerprint density at radius 3 is 2.52 bits per heavy atom. The lowest BCUT2D eigenvalue weighted by molar-refractivity contribution is 0.100. The van der Waals surface area contributed by atoms with E-state index in [1.165, 1.54) is 0 Å². The second-order valence-electron chi connectivity index (χ2n) is 7.59. The maximum Gasteiger partial charge on any atom is 0.250 e. The van der Waals surface area contributed by atoms with Gasteiger partial charge in [0.15, 0.2) is 0 Å². The number of methoxy groups -OCH3 is 2. The van der Waals surface area contributed by atoms with Gasteiger partial charge in [-0.05, 0) is 43.5 Å². The van der Waals surface area contributed by atoms with E-state index < -0.39 is 5.91 Å². The average molecular weight is 396 g/mol. The molecule has 29 heavy (non-hydrogen) atoms. The molecule has 3 rings (SSSR count). The summed E-state index contributed by atoms with van der Waals surface area (Å²) >= 11 is 0. The number of hydrogen-bond donors (Lipinski definition) is 1. The van der Waals surface area contributed by atoms with E-state index in [0.29, 0.717) is 29.3 Å². The van der Waals surface area contributed by atoms with E-state index in [9.17, 15) is 4.79 Å². The van der Waals surface area contributed by atoms with Gasteiger partial charge >= 0.3 is 0 Å². The Labute approximate surface area is 170 Å². The Balaban J connectivity index is 2.27. The molecule has 0 aliphatic rings. The van der Waals surface area contributed by atoms with Crippen molar-refractivity contribution in [2.24, 2.45) is 5.73 Å². The number of amides is 1. The van der Waals surface area contributed by atoms with Crippen LogP contribution >= 0.6 is 0 Å². The minimum absolute atomic E-state index is 0.0890. The van der Waals surface area contributed by atoms with Gasteiger partial charge in [0.05, 0.1) is 47.6 Å². The Kier molecular flexibility index (Phi) is 5.88. The zero-order chi connectivity index (χ0) is 21.3. The molecule has 2 N–H and O–H groups in total. The highest BCUT2D eigenvalue weighted by Crippen LogP contribution is 2.34. The number of aromatic nitrogens is 3. The molecular formula is C22H28N4O3. The summed E-state index contributed by atoms with van der Waals surface area (Å²) in [6.45, 7) is 8.72. The summed E-state index contributed by atoms with van der Waals surface area (Å²) in [6, 6.07) is 5.71. The summed E-state index contributed by atoms with van der Waals surface area (Å²) in [7, 11) is 3.23. The van der Waals surface area contributed by atoms with Crippen molar-refractivity contribution in [3.05, 3.63) is 41.2 Å². The van der Waals surface area contributed by atoms with E-state index in [1.54, 1.807) is 20.3 Å². The minimum atomic E-state index is -0.547. The number of fused-ring (bicyclic) bond motifs is 1. The molecule has 0 unspecified atom stereocenters. The lowest BCUT2D eigenvalue weighted by Gasteiger charge is -2.16. The number of nitrogens with two attached hydrogens (primary N) is 1. The summed E-state index contributed by atoms with van der Waals surface area (Å²) in [5.74, 6) is 0.132. The van der Waals surface area contributed by atoms with Crippen molar-refractivity contribution < 1.29 is 14.3 Å². The second kappa shape index (κ2) is 8.21. The first kappa shape index (κ1) is 20.8. The van der Waals surface area contributed by atoms with Gasteiger partial charge in [-0.2, -0.15) is 0 Å². The number of pyridine rings is 2. The highest BCUT2D eigenvalue weighted by Gasteiger charge is 2.22. The van der Waals surface area contributed by atoms with Crippen LogP contribution < -0.4 is 10.5 Å². The predicted molar refractivity (Wildman–Crippen MR) is 113 cm³/mol. The molecule has 7 heteroatoms. The molecule has 0 aliphatic heterocycles. The van der Waals surface area contributed by atoms with Crippen LogP contribution in [0.4, 0.5) is 0 Å². The molecule has 1 atom stereocenters. The highest BCUT2D eigenvalue weighted by molar-refractivity contribution is 6.03. The van der Waals surface area contributed by atoms with Crippen LogP contribution in [0.2, 0.25) is 0 Å². The largest absolute Gasteiger partial charge is 0.480 e. The number of aryl methyl sites for hydroxylation is 1. The first-order chi connectivity index (χ1) is 13.8. The first-order valence-electron chi connectivity index (χ1n) is 9.64. The van der Waals surface area contributed by atoms with E-state index in [-0.39, 0.29) is 12.0 Å². The van der Waals surface area contributed by atoms with Crippen molar-refractivity contribution in [3.63, 3.8) is 0 Å². The molecule has 0 spiro atoms. The van der Waals surface area contributed by atoms with E-state index in [4.69, 9.17) is 20.2 Å². The number of ether oxygens (including phenoxy) is 2. The summed E-state index contributed by atoms with van der Waals surface area (Å²) in [6.07, 6.45) is 2.02. The predicted octanol–water partition coefficient (Wildman–Crippen LogP) is 3.85.